The van der Waals surface area contributed by atoms with E-state index in [1.807, 2.05) is 48.5 Å². The zero-order valence-corrected chi connectivity index (χ0v) is 21.1. The minimum absolute atomic E-state index is 0.412. The fourth-order valence-electron chi connectivity index (χ4n) is 7.79. The number of fused-ring (bicyclic) bond motifs is 10. The molecule has 1 saturated carbocycles. The van der Waals surface area contributed by atoms with Crippen molar-refractivity contribution in [3.8, 4) is 24.3 Å². The Kier molecular flexibility index (Phi) is 4.47. The molecule has 2 bridgehead atoms. The Morgan fingerprint density at radius 3 is 1.05 bits per heavy atom. The first kappa shape index (κ1) is 23.4. The number of nitriles is 4. The molecular formula is C35H18N4O. The average Bonchev–Trinajstić information content (AvgIpc) is 3.38. The van der Waals surface area contributed by atoms with Crippen molar-refractivity contribution >= 4 is 27.3 Å². The topological polar surface area (TPSA) is 112 Å². The summed E-state index contributed by atoms with van der Waals surface area (Å²) in [6, 6.07) is 41.3. The summed E-state index contributed by atoms with van der Waals surface area (Å²) in [6.45, 7) is 0. The molecule has 0 amide bonds. The maximum atomic E-state index is 15.6. The van der Waals surface area contributed by atoms with Gasteiger partial charge in [0.1, 0.15) is 10.8 Å². The maximum Gasteiger partial charge on any atom is 0.197 e. The number of carbonyl (C=O) groups excluding carboxylic acids is 1. The molecule has 0 spiro atoms. The lowest BCUT2D eigenvalue weighted by molar-refractivity contribution is -0.124. The monoisotopic (exact) mass is 510 g/mol. The fraction of sp³-hybridized carbons (Fsp3) is 0.114. The Morgan fingerprint density at radius 2 is 0.725 bits per heavy atom. The maximum absolute atomic E-state index is 15.6. The summed E-state index contributed by atoms with van der Waals surface area (Å²) in [5.74, 6) is -0.500. The van der Waals surface area contributed by atoms with Gasteiger partial charge < -0.3 is 0 Å². The summed E-state index contributed by atoms with van der Waals surface area (Å²) < 4.78 is 0. The van der Waals surface area contributed by atoms with Crippen molar-refractivity contribution in [3.63, 3.8) is 0 Å². The van der Waals surface area contributed by atoms with Crippen LogP contribution in [0.15, 0.2) is 109 Å². The number of hydrogen-bond acceptors (Lipinski definition) is 5. The molecule has 5 aromatic carbocycles. The first-order valence-electron chi connectivity index (χ1n) is 12.8. The van der Waals surface area contributed by atoms with E-state index in [9.17, 15) is 21.0 Å². The Labute approximate surface area is 230 Å². The van der Waals surface area contributed by atoms with Crippen LogP contribution in [0.5, 0.6) is 0 Å². The van der Waals surface area contributed by atoms with Crippen molar-refractivity contribution in [3.05, 3.63) is 131 Å². The molecule has 2 aliphatic carbocycles. The molecule has 0 heterocycles. The van der Waals surface area contributed by atoms with E-state index in [1.54, 1.807) is 60.7 Å². The SMILES string of the molecule is N#CC1(C#N)C2(c3ccccc3)C(=O)C(c3ccccc3)(c3c2c2ccccc2c2ccccc32)C1(C#N)C#N. The Hall–Kier alpha value is -5.75. The normalized spacial score (nSPS) is 23.1. The van der Waals surface area contributed by atoms with Gasteiger partial charge in [-0.15, -0.1) is 0 Å². The highest BCUT2D eigenvalue weighted by Gasteiger charge is 2.91. The molecule has 2 atom stereocenters. The zero-order valence-electron chi connectivity index (χ0n) is 21.1. The number of benzene rings is 5. The van der Waals surface area contributed by atoms with E-state index in [4.69, 9.17) is 0 Å². The zero-order chi connectivity index (χ0) is 27.8. The van der Waals surface area contributed by atoms with Crippen molar-refractivity contribution in [2.45, 2.75) is 10.8 Å². The third-order valence-corrected chi connectivity index (χ3v) is 9.14. The van der Waals surface area contributed by atoms with Crippen LogP contribution < -0.4 is 0 Å². The molecule has 0 aromatic heterocycles. The van der Waals surface area contributed by atoms with E-state index in [-0.39, 0.29) is 0 Å². The van der Waals surface area contributed by atoms with Gasteiger partial charge >= 0.3 is 0 Å². The smallest absolute Gasteiger partial charge is 0.197 e. The summed E-state index contributed by atoms with van der Waals surface area (Å²) in [7, 11) is 0. The molecule has 5 aromatic rings. The van der Waals surface area contributed by atoms with Crippen LogP contribution in [0.3, 0.4) is 0 Å². The molecule has 1 fully saturated rings. The minimum Gasteiger partial charge on any atom is -0.297 e. The lowest BCUT2D eigenvalue weighted by atomic mass is 9.45. The molecule has 40 heavy (non-hydrogen) atoms. The number of rotatable bonds is 2. The van der Waals surface area contributed by atoms with Gasteiger partial charge in [0.25, 0.3) is 0 Å². The molecule has 2 aliphatic rings. The summed E-state index contributed by atoms with van der Waals surface area (Å²) in [6.07, 6.45) is 0. The summed E-state index contributed by atoms with van der Waals surface area (Å²) in [5.41, 5.74) is -6.70. The Bertz CT molecular complexity index is 1910. The third-order valence-electron chi connectivity index (χ3n) is 9.14. The molecule has 0 N–H and O–H groups in total. The van der Waals surface area contributed by atoms with Gasteiger partial charge in [0.2, 0.25) is 0 Å². The minimum atomic E-state index is -2.37. The van der Waals surface area contributed by atoms with Crippen LogP contribution in [-0.2, 0) is 15.6 Å². The number of nitrogens with zero attached hydrogens (tertiary/aromatic N) is 4. The molecular weight excluding hydrogens is 492 g/mol. The van der Waals surface area contributed by atoms with Crippen molar-refractivity contribution in [2.24, 2.45) is 10.8 Å². The van der Waals surface area contributed by atoms with Gasteiger partial charge in [-0.05, 0) is 43.8 Å². The molecule has 0 radical (unpaired) electrons. The number of Topliss-reactive ketones (excluding diaryl/α,β-unsaturated/α-hetero) is 1. The second-order valence-corrected chi connectivity index (χ2v) is 10.3. The molecule has 184 valence electrons. The largest absolute Gasteiger partial charge is 0.297 e. The summed E-state index contributed by atoms with van der Waals surface area (Å²) in [5, 5.41) is 47.3. The molecule has 7 rings (SSSR count). The fourth-order valence-corrected chi connectivity index (χ4v) is 7.79. The number of carbonyl (C=O) groups is 1. The second-order valence-electron chi connectivity index (χ2n) is 10.3. The van der Waals surface area contributed by atoms with Crippen LogP contribution >= 0.6 is 0 Å². The lowest BCUT2D eigenvalue weighted by Crippen LogP contribution is -2.56. The third kappa shape index (κ3) is 2.07. The highest BCUT2D eigenvalue weighted by molar-refractivity contribution is 6.25. The van der Waals surface area contributed by atoms with Gasteiger partial charge in [-0.3, -0.25) is 4.79 Å². The van der Waals surface area contributed by atoms with Gasteiger partial charge in [0, 0.05) is 0 Å². The molecule has 5 heteroatoms. The van der Waals surface area contributed by atoms with Crippen LogP contribution in [0, 0.1) is 56.2 Å². The Balaban J connectivity index is 1.93. The van der Waals surface area contributed by atoms with Crippen LogP contribution in [0.1, 0.15) is 22.3 Å². The van der Waals surface area contributed by atoms with Gasteiger partial charge in [-0.25, -0.2) is 0 Å². The van der Waals surface area contributed by atoms with Gasteiger partial charge in [-0.1, -0.05) is 109 Å². The van der Waals surface area contributed by atoms with Crippen LogP contribution in [-0.4, -0.2) is 5.78 Å². The molecule has 2 unspecified atom stereocenters. The van der Waals surface area contributed by atoms with Crippen LogP contribution in [0.2, 0.25) is 0 Å². The standard InChI is InChI=1S/C35H18N4O/c36-19-32(20-37)33(21-38,22-39)35(24-13-5-2-6-14-24)30-28-18-10-8-16-26(28)25-15-7-9-17-27(25)29(30)34(32,31(35)40)23-11-3-1-4-12-23/h1-18H. The van der Waals surface area contributed by atoms with E-state index < -0.39 is 27.4 Å². The molecule has 0 saturated heterocycles. The van der Waals surface area contributed by atoms with Gasteiger partial charge in [0.05, 0.1) is 24.3 Å². The predicted octanol–water partition coefficient (Wildman–Crippen LogP) is 6.23. The van der Waals surface area contributed by atoms with Crippen LogP contribution in [0.4, 0.5) is 0 Å². The molecule has 0 aliphatic heterocycles. The van der Waals surface area contributed by atoms with E-state index in [2.05, 4.69) is 24.3 Å². The number of hydrogen-bond donors (Lipinski definition) is 0. The van der Waals surface area contributed by atoms with Crippen molar-refractivity contribution in [2.75, 3.05) is 0 Å². The van der Waals surface area contributed by atoms with Crippen molar-refractivity contribution < 1.29 is 4.79 Å². The van der Waals surface area contributed by atoms with Crippen molar-refractivity contribution in [1.29, 1.82) is 21.0 Å². The summed E-state index contributed by atoms with van der Waals surface area (Å²) in [4.78, 5) is 15.6. The number of ketones is 1. The Morgan fingerprint density at radius 1 is 0.425 bits per heavy atom. The second kappa shape index (κ2) is 7.65. The first-order chi connectivity index (χ1) is 19.6. The van der Waals surface area contributed by atoms with E-state index in [0.717, 1.165) is 10.8 Å². The van der Waals surface area contributed by atoms with E-state index in [0.29, 0.717) is 33.0 Å². The predicted molar refractivity (Wildman–Crippen MR) is 148 cm³/mol. The van der Waals surface area contributed by atoms with Crippen molar-refractivity contribution in [1.82, 2.24) is 0 Å². The highest BCUT2D eigenvalue weighted by Crippen LogP contribution is 2.79. The van der Waals surface area contributed by atoms with E-state index >= 15 is 4.79 Å². The van der Waals surface area contributed by atoms with E-state index in [1.165, 1.54) is 0 Å². The highest BCUT2D eigenvalue weighted by atomic mass is 16.1. The quantitative estimate of drug-likeness (QED) is 0.261. The lowest BCUT2D eigenvalue weighted by Gasteiger charge is -2.46. The van der Waals surface area contributed by atoms with Gasteiger partial charge in [-0.2, -0.15) is 21.0 Å². The summed E-state index contributed by atoms with van der Waals surface area (Å²) >= 11 is 0. The molecule has 5 nitrogen and oxygen atoms in total. The van der Waals surface area contributed by atoms with Gasteiger partial charge in [0.15, 0.2) is 16.6 Å². The van der Waals surface area contributed by atoms with Crippen LogP contribution in [0.25, 0.3) is 21.5 Å². The average molecular weight is 511 g/mol. The first-order valence-corrected chi connectivity index (χ1v) is 12.8.